The monoisotopic (exact) mass is 277 g/mol. The predicted octanol–water partition coefficient (Wildman–Crippen LogP) is 4.56. The Morgan fingerprint density at radius 1 is 1.30 bits per heavy atom. The lowest BCUT2D eigenvalue weighted by atomic mass is 9.65. The molecule has 0 bridgehead atoms. The number of nitrogens with one attached hydrogen (secondary N) is 1. The SMILES string of the molecule is CCNC(Cc1ccccc1F)C1CCCCC1(C)C. The largest absolute Gasteiger partial charge is 0.314 e. The van der Waals surface area contributed by atoms with Gasteiger partial charge in [-0.3, -0.25) is 0 Å². The van der Waals surface area contributed by atoms with Crippen LogP contribution in [-0.4, -0.2) is 12.6 Å². The summed E-state index contributed by atoms with van der Waals surface area (Å²) in [5.41, 5.74) is 1.20. The van der Waals surface area contributed by atoms with Crippen molar-refractivity contribution in [2.24, 2.45) is 11.3 Å². The molecule has 1 aliphatic rings. The quantitative estimate of drug-likeness (QED) is 0.831. The van der Waals surface area contributed by atoms with Gasteiger partial charge in [0.15, 0.2) is 0 Å². The summed E-state index contributed by atoms with van der Waals surface area (Å²) in [4.78, 5) is 0. The number of halogens is 1. The standard InChI is InChI=1S/C18H28FN/c1-4-20-17(13-14-9-5-6-11-16(14)19)15-10-7-8-12-18(15,2)3/h5-6,9,11,15,17,20H,4,7-8,10,12-13H2,1-3H3. The van der Waals surface area contributed by atoms with Crippen LogP contribution in [0.4, 0.5) is 4.39 Å². The van der Waals surface area contributed by atoms with Crippen LogP contribution < -0.4 is 5.32 Å². The normalized spacial score (nSPS) is 23.5. The summed E-state index contributed by atoms with van der Waals surface area (Å²) in [6.45, 7) is 7.85. The third-order valence-electron chi connectivity index (χ3n) is 4.94. The van der Waals surface area contributed by atoms with E-state index in [9.17, 15) is 4.39 Å². The summed E-state index contributed by atoms with van der Waals surface area (Å²) in [5.74, 6) is 0.569. The van der Waals surface area contributed by atoms with Gasteiger partial charge < -0.3 is 5.32 Å². The minimum atomic E-state index is -0.0657. The highest BCUT2D eigenvalue weighted by Gasteiger charge is 2.37. The van der Waals surface area contributed by atoms with E-state index in [0.717, 1.165) is 18.5 Å². The van der Waals surface area contributed by atoms with E-state index in [1.165, 1.54) is 25.7 Å². The van der Waals surface area contributed by atoms with Gasteiger partial charge in [-0.15, -0.1) is 0 Å². The number of hydrogen-bond donors (Lipinski definition) is 1. The first-order valence-electron chi connectivity index (χ1n) is 8.01. The smallest absolute Gasteiger partial charge is 0.126 e. The lowest BCUT2D eigenvalue weighted by Crippen LogP contribution is -2.46. The molecule has 0 aromatic heterocycles. The summed E-state index contributed by atoms with van der Waals surface area (Å²) in [5, 5.41) is 3.62. The maximum Gasteiger partial charge on any atom is 0.126 e. The minimum absolute atomic E-state index is 0.0657. The fraction of sp³-hybridized carbons (Fsp3) is 0.667. The van der Waals surface area contributed by atoms with Crippen LogP contribution in [0.2, 0.25) is 0 Å². The van der Waals surface area contributed by atoms with Gasteiger partial charge in [0.25, 0.3) is 0 Å². The van der Waals surface area contributed by atoms with Gasteiger partial charge in [-0.05, 0) is 48.8 Å². The summed E-state index contributed by atoms with van der Waals surface area (Å²) in [6, 6.07) is 7.59. The first-order chi connectivity index (χ1) is 9.54. The van der Waals surface area contributed by atoms with Gasteiger partial charge in [-0.25, -0.2) is 4.39 Å². The third-order valence-corrected chi connectivity index (χ3v) is 4.94. The molecule has 20 heavy (non-hydrogen) atoms. The van der Waals surface area contributed by atoms with E-state index >= 15 is 0 Å². The Morgan fingerprint density at radius 2 is 2.05 bits per heavy atom. The molecule has 1 aliphatic carbocycles. The minimum Gasteiger partial charge on any atom is -0.314 e. The van der Waals surface area contributed by atoms with E-state index in [4.69, 9.17) is 0 Å². The lowest BCUT2D eigenvalue weighted by molar-refractivity contribution is 0.0984. The second-order valence-corrected chi connectivity index (χ2v) is 6.80. The van der Waals surface area contributed by atoms with Gasteiger partial charge >= 0.3 is 0 Å². The zero-order valence-electron chi connectivity index (χ0n) is 13.1. The van der Waals surface area contributed by atoms with E-state index in [-0.39, 0.29) is 5.82 Å². The second kappa shape index (κ2) is 6.71. The van der Waals surface area contributed by atoms with E-state index in [2.05, 4.69) is 26.1 Å². The first-order valence-corrected chi connectivity index (χ1v) is 8.01. The molecule has 2 atom stereocenters. The van der Waals surface area contributed by atoms with Crippen molar-refractivity contribution in [3.8, 4) is 0 Å². The zero-order chi connectivity index (χ0) is 14.6. The molecule has 1 aromatic rings. The molecule has 1 saturated carbocycles. The van der Waals surface area contributed by atoms with Crippen LogP contribution in [0.3, 0.4) is 0 Å². The molecule has 112 valence electrons. The maximum atomic E-state index is 13.9. The molecule has 2 unspecified atom stereocenters. The molecule has 1 nitrogen and oxygen atoms in total. The molecular formula is C18H28FN. The molecule has 0 amide bonds. The van der Waals surface area contributed by atoms with Crippen LogP contribution in [0.15, 0.2) is 24.3 Å². The predicted molar refractivity (Wildman–Crippen MR) is 83.3 cm³/mol. The maximum absolute atomic E-state index is 13.9. The van der Waals surface area contributed by atoms with E-state index in [1.807, 2.05) is 12.1 Å². The number of likely N-dealkylation sites (N-methyl/N-ethyl adjacent to an activating group) is 1. The number of benzene rings is 1. The molecule has 1 N–H and O–H groups in total. The van der Waals surface area contributed by atoms with Crippen LogP contribution in [0, 0.1) is 17.2 Å². The van der Waals surface area contributed by atoms with Crippen LogP contribution in [-0.2, 0) is 6.42 Å². The lowest BCUT2D eigenvalue weighted by Gasteiger charge is -2.43. The van der Waals surface area contributed by atoms with Crippen LogP contribution >= 0.6 is 0 Å². The molecule has 2 heteroatoms. The summed E-state index contributed by atoms with van der Waals surface area (Å²) >= 11 is 0. The van der Waals surface area contributed by atoms with Crippen molar-refractivity contribution < 1.29 is 4.39 Å². The van der Waals surface area contributed by atoms with Crippen LogP contribution in [0.1, 0.15) is 52.0 Å². The first kappa shape index (κ1) is 15.5. The van der Waals surface area contributed by atoms with Crippen LogP contribution in [0.25, 0.3) is 0 Å². The van der Waals surface area contributed by atoms with E-state index in [1.54, 1.807) is 12.1 Å². The highest BCUT2D eigenvalue weighted by Crippen LogP contribution is 2.43. The van der Waals surface area contributed by atoms with Gasteiger partial charge in [0.05, 0.1) is 0 Å². The van der Waals surface area contributed by atoms with Crippen LogP contribution in [0.5, 0.6) is 0 Å². The van der Waals surface area contributed by atoms with Crippen molar-refractivity contribution in [1.82, 2.24) is 5.32 Å². The highest BCUT2D eigenvalue weighted by molar-refractivity contribution is 5.19. The molecule has 1 fully saturated rings. The molecule has 0 saturated heterocycles. The van der Waals surface area contributed by atoms with Gasteiger partial charge in [-0.2, -0.15) is 0 Å². The Kier molecular flexibility index (Phi) is 5.20. The fourth-order valence-corrected chi connectivity index (χ4v) is 3.79. The topological polar surface area (TPSA) is 12.0 Å². The highest BCUT2D eigenvalue weighted by atomic mass is 19.1. The molecule has 0 spiro atoms. The Bertz CT molecular complexity index is 427. The Hall–Kier alpha value is -0.890. The number of rotatable bonds is 5. The Balaban J connectivity index is 2.16. The molecule has 0 heterocycles. The van der Waals surface area contributed by atoms with Gasteiger partial charge in [0.1, 0.15) is 5.82 Å². The molecule has 2 rings (SSSR count). The Morgan fingerprint density at radius 3 is 2.70 bits per heavy atom. The number of hydrogen-bond acceptors (Lipinski definition) is 1. The van der Waals surface area contributed by atoms with Crippen molar-refractivity contribution in [2.75, 3.05) is 6.54 Å². The van der Waals surface area contributed by atoms with Crippen molar-refractivity contribution in [3.05, 3.63) is 35.6 Å². The molecule has 0 radical (unpaired) electrons. The van der Waals surface area contributed by atoms with E-state index < -0.39 is 0 Å². The zero-order valence-corrected chi connectivity index (χ0v) is 13.1. The summed E-state index contributed by atoms with van der Waals surface area (Å²) in [6.07, 6.45) is 6.00. The Labute approximate surface area is 123 Å². The summed E-state index contributed by atoms with van der Waals surface area (Å²) < 4.78 is 13.9. The molecule has 0 aliphatic heterocycles. The second-order valence-electron chi connectivity index (χ2n) is 6.80. The van der Waals surface area contributed by atoms with Gasteiger partial charge in [0, 0.05) is 6.04 Å². The molecule has 1 aromatic carbocycles. The van der Waals surface area contributed by atoms with Crippen molar-refractivity contribution in [2.45, 2.75) is 58.9 Å². The van der Waals surface area contributed by atoms with Gasteiger partial charge in [0.2, 0.25) is 0 Å². The van der Waals surface area contributed by atoms with E-state index in [0.29, 0.717) is 17.4 Å². The average Bonchev–Trinajstić information content (AvgIpc) is 2.40. The summed E-state index contributed by atoms with van der Waals surface area (Å²) in [7, 11) is 0. The molecular weight excluding hydrogens is 249 g/mol. The van der Waals surface area contributed by atoms with Crippen molar-refractivity contribution in [3.63, 3.8) is 0 Å². The van der Waals surface area contributed by atoms with Crippen molar-refractivity contribution >= 4 is 0 Å². The van der Waals surface area contributed by atoms with Gasteiger partial charge in [-0.1, -0.05) is 51.8 Å². The third kappa shape index (κ3) is 3.60. The van der Waals surface area contributed by atoms with Crippen molar-refractivity contribution in [1.29, 1.82) is 0 Å². The fourth-order valence-electron chi connectivity index (χ4n) is 3.79. The average molecular weight is 277 g/mol.